The predicted octanol–water partition coefficient (Wildman–Crippen LogP) is 4.44. The molecule has 0 aliphatic carbocycles. The zero-order chi connectivity index (χ0) is 19.4. The van der Waals surface area contributed by atoms with Gasteiger partial charge >= 0.3 is 0 Å². The van der Waals surface area contributed by atoms with Gasteiger partial charge in [0.15, 0.2) is 0 Å². The van der Waals surface area contributed by atoms with Crippen LogP contribution in [0.2, 0.25) is 0 Å². The maximum Gasteiger partial charge on any atom is 0.248 e. The normalized spacial score (nSPS) is 10.7. The molecule has 0 bridgehead atoms. The lowest BCUT2D eigenvalue weighted by Gasteiger charge is -2.10. The highest BCUT2D eigenvalue weighted by atomic mass is 16.1. The van der Waals surface area contributed by atoms with Crippen LogP contribution < -0.4 is 11.1 Å². The molecule has 5 nitrogen and oxygen atoms in total. The van der Waals surface area contributed by atoms with Crippen LogP contribution in [0.25, 0.3) is 22.2 Å². The van der Waals surface area contributed by atoms with E-state index >= 15 is 0 Å². The SMILES string of the molecule is CCCCC(=O)Nc1ccc2nc(-c3ccc(C(N)=O)cc3)cc(C)c2c1. The first-order valence-electron chi connectivity index (χ1n) is 9.09. The largest absolute Gasteiger partial charge is 0.366 e. The number of hydrogen-bond donors (Lipinski definition) is 2. The third kappa shape index (κ3) is 4.31. The molecule has 27 heavy (non-hydrogen) atoms. The molecule has 138 valence electrons. The molecule has 1 heterocycles. The van der Waals surface area contributed by atoms with E-state index in [1.54, 1.807) is 12.1 Å². The smallest absolute Gasteiger partial charge is 0.248 e. The van der Waals surface area contributed by atoms with E-state index in [0.29, 0.717) is 12.0 Å². The number of rotatable bonds is 6. The molecule has 2 amide bonds. The molecule has 0 spiro atoms. The van der Waals surface area contributed by atoms with Crippen molar-refractivity contribution < 1.29 is 9.59 Å². The van der Waals surface area contributed by atoms with E-state index in [1.807, 2.05) is 43.3 Å². The second-order valence-corrected chi connectivity index (χ2v) is 6.65. The lowest BCUT2D eigenvalue weighted by atomic mass is 10.0. The van der Waals surface area contributed by atoms with Crippen LogP contribution in [-0.4, -0.2) is 16.8 Å². The lowest BCUT2D eigenvalue weighted by molar-refractivity contribution is -0.116. The summed E-state index contributed by atoms with van der Waals surface area (Å²) in [6, 6.07) is 14.8. The topological polar surface area (TPSA) is 85.1 Å². The van der Waals surface area contributed by atoms with E-state index in [1.165, 1.54) is 0 Å². The third-order valence-electron chi connectivity index (χ3n) is 4.52. The zero-order valence-corrected chi connectivity index (χ0v) is 15.6. The molecule has 0 fully saturated rings. The van der Waals surface area contributed by atoms with Gasteiger partial charge in [-0.2, -0.15) is 0 Å². The van der Waals surface area contributed by atoms with Crippen LogP contribution >= 0.6 is 0 Å². The summed E-state index contributed by atoms with van der Waals surface area (Å²) >= 11 is 0. The maximum absolute atomic E-state index is 11.9. The Hall–Kier alpha value is -3.21. The number of nitrogens with two attached hydrogens (primary N) is 1. The number of hydrogen-bond acceptors (Lipinski definition) is 3. The van der Waals surface area contributed by atoms with Gasteiger partial charge in [0, 0.05) is 28.6 Å². The summed E-state index contributed by atoms with van der Waals surface area (Å²) in [5.74, 6) is -0.411. The molecule has 0 saturated heterocycles. The highest BCUT2D eigenvalue weighted by Gasteiger charge is 2.08. The Kier molecular flexibility index (Phi) is 5.50. The number of fused-ring (bicyclic) bond motifs is 1. The quantitative estimate of drug-likeness (QED) is 0.681. The number of carbonyl (C=O) groups is 2. The number of pyridine rings is 1. The second-order valence-electron chi connectivity index (χ2n) is 6.65. The first-order valence-corrected chi connectivity index (χ1v) is 9.09. The Morgan fingerprint density at radius 3 is 2.48 bits per heavy atom. The van der Waals surface area contributed by atoms with Gasteiger partial charge in [0.25, 0.3) is 0 Å². The van der Waals surface area contributed by atoms with Gasteiger partial charge in [-0.25, -0.2) is 4.98 Å². The van der Waals surface area contributed by atoms with Crippen molar-refractivity contribution in [1.29, 1.82) is 0 Å². The van der Waals surface area contributed by atoms with E-state index in [0.717, 1.165) is 46.3 Å². The second kappa shape index (κ2) is 7.99. The summed E-state index contributed by atoms with van der Waals surface area (Å²) < 4.78 is 0. The number of benzene rings is 2. The van der Waals surface area contributed by atoms with Crippen LogP contribution in [0.1, 0.15) is 42.1 Å². The Morgan fingerprint density at radius 2 is 1.81 bits per heavy atom. The van der Waals surface area contributed by atoms with Crippen molar-refractivity contribution in [3.63, 3.8) is 0 Å². The van der Waals surface area contributed by atoms with Gasteiger partial charge in [0.2, 0.25) is 11.8 Å². The summed E-state index contributed by atoms with van der Waals surface area (Å²) in [6.45, 7) is 4.09. The lowest BCUT2D eigenvalue weighted by Crippen LogP contribution is -2.10. The first kappa shape index (κ1) is 18.6. The Bertz CT molecular complexity index is 994. The summed E-state index contributed by atoms with van der Waals surface area (Å²) in [7, 11) is 0. The molecule has 3 N–H and O–H groups in total. The van der Waals surface area contributed by atoms with Crippen LogP contribution in [0.5, 0.6) is 0 Å². The predicted molar refractivity (Wildman–Crippen MR) is 109 cm³/mol. The zero-order valence-electron chi connectivity index (χ0n) is 15.6. The number of amides is 2. The number of carbonyl (C=O) groups excluding carboxylic acids is 2. The van der Waals surface area contributed by atoms with Gasteiger partial charge in [-0.3, -0.25) is 9.59 Å². The monoisotopic (exact) mass is 361 g/mol. The molecule has 3 aromatic rings. The molecule has 0 aliphatic rings. The minimum atomic E-state index is -0.447. The highest BCUT2D eigenvalue weighted by Crippen LogP contribution is 2.27. The average molecular weight is 361 g/mol. The third-order valence-corrected chi connectivity index (χ3v) is 4.52. The van der Waals surface area contributed by atoms with Crippen LogP contribution in [0.3, 0.4) is 0 Å². The Morgan fingerprint density at radius 1 is 1.07 bits per heavy atom. The average Bonchev–Trinajstić information content (AvgIpc) is 2.66. The molecule has 1 aromatic heterocycles. The molecule has 3 rings (SSSR count). The molecule has 0 atom stereocenters. The number of aromatic nitrogens is 1. The van der Waals surface area contributed by atoms with Crippen molar-refractivity contribution in [2.24, 2.45) is 5.73 Å². The fourth-order valence-corrected chi connectivity index (χ4v) is 2.99. The fourth-order valence-electron chi connectivity index (χ4n) is 2.99. The number of aryl methyl sites for hydroxylation is 1. The first-order chi connectivity index (χ1) is 13.0. The summed E-state index contributed by atoms with van der Waals surface area (Å²) in [4.78, 5) is 27.9. The number of primary amides is 1. The maximum atomic E-state index is 11.9. The standard InChI is InChI=1S/C22H23N3O2/c1-3-4-5-21(26)24-17-10-11-19-18(13-17)14(2)12-20(25-19)15-6-8-16(9-7-15)22(23)27/h6-13H,3-5H2,1-2H3,(H2,23,27)(H,24,26). The highest BCUT2D eigenvalue weighted by molar-refractivity contribution is 5.95. The van der Waals surface area contributed by atoms with E-state index in [-0.39, 0.29) is 5.91 Å². The van der Waals surface area contributed by atoms with Crippen molar-refractivity contribution in [2.75, 3.05) is 5.32 Å². The van der Waals surface area contributed by atoms with Gasteiger partial charge in [-0.15, -0.1) is 0 Å². The van der Waals surface area contributed by atoms with Gasteiger partial charge in [0.1, 0.15) is 0 Å². The van der Waals surface area contributed by atoms with Crippen LogP contribution in [-0.2, 0) is 4.79 Å². The number of anilines is 1. The minimum absolute atomic E-state index is 0.0352. The van der Waals surface area contributed by atoms with Crippen LogP contribution in [0.15, 0.2) is 48.5 Å². The summed E-state index contributed by atoms with van der Waals surface area (Å²) in [5.41, 5.74) is 10.2. The van der Waals surface area contributed by atoms with Crippen molar-refractivity contribution in [1.82, 2.24) is 4.98 Å². The number of nitrogens with zero attached hydrogens (tertiary/aromatic N) is 1. The van der Waals surface area contributed by atoms with Crippen molar-refractivity contribution in [3.05, 3.63) is 59.7 Å². The van der Waals surface area contributed by atoms with E-state index in [4.69, 9.17) is 10.7 Å². The number of unbranched alkanes of at least 4 members (excludes halogenated alkanes) is 1. The molecule has 0 unspecified atom stereocenters. The molecular weight excluding hydrogens is 338 g/mol. The Balaban J connectivity index is 1.89. The Labute approximate surface area is 158 Å². The van der Waals surface area contributed by atoms with Crippen molar-refractivity contribution >= 4 is 28.4 Å². The van der Waals surface area contributed by atoms with Gasteiger partial charge in [-0.05, 0) is 55.3 Å². The summed E-state index contributed by atoms with van der Waals surface area (Å²) in [5, 5.41) is 3.95. The number of nitrogens with one attached hydrogen (secondary N) is 1. The van der Waals surface area contributed by atoms with E-state index in [2.05, 4.69) is 12.2 Å². The molecule has 5 heteroatoms. The summed E-state index contributed by atoms with van der Waals surface area (Å²) in [6.07, 6.45) is 2.42. The van der Waals surface area contributed by atoms with Gasteiger partial charge < -0.3 is 11.1 Å². The van der Waals surface area contributed by atoms with Gasteiger partial charge in [-0.1, -0.05) is 25.5 Å². The molecule has 0 radical (unpaired) electrons. The molecule has 0 aliphatic heterocycles. The van der Waals surface area contributed by atoms with Crippen molar-refractivity contribution in [3.8, 4) is 11.3 Å². The minimum Gasteiger partial charge on any atom is -0.366 e. The van der Waals surface area contributed by atoms with Gasteiger partial charge in [0.05, 0.1) is 11.2 Å². The fraction of sp³-hybridized carbons (Fsp3) is 0.227. The van der Waals surface area contributed by atoms with E-state index < -0.39 is 5.91 Å². The van der Waals surface area contributed by atoms with Crippen molar-refractivity contribution in [2.45, 2.75) is 33.1 Å². The van der Waals surface area contributed by atoms with Crippen LogP contribution in [0, 0.1) is 6.92 Å². The van der Waals surface area contributed by atoms with Crippen LogP contribution in [0.4, 0.5) is 5.69 Å². The molecule has 2 aromatic carbocycles. The van der Waals surface area contributed by atoms with E-state index in [9.17, 15) is 9.59 Å². The molecular formula is C22H23N3O2. The molecule has 0 saturated carbocycles.